The van der Waals surface area contributed by atoms with Gasteiger partial charge >= 0.3 is 5.97 Å². The topological polar surface area (TPSA) is 88.3 Å². The van der Waals surface area contributed by atoms with E-state index in [4.69, 9.17) is 4.74 Å². The maximum absolute atomic E-state index is 12.8. The highest BCUT2D eigenvalue weighted by molar-refractivity contribution is 6.36. The van der Waals surface area contributed by atoms with E-state index in [-0.39, 0.29) is 28.3 Å². The highest BCUT2D eigenvalue weighted by Gasteiger charge is 2.30. The molecular weight excluding hydrogens is 380 g/mol. The number of esters is 1. The van der Waals surface area contributed by atoms with Crippen molar-refractivity contribution in [2.75, 3.05) is 7.11 Å². The van der Waals surface area contributed by atoms with E-state index in [2.05, 4.69) is 30.8 Å². The standard InChI is InChI=1S/C24H24N2O4/c1-14(27)19(23(29)30-5)20-17-8-6-7-9-18(17)21(25-20)26-22(28)15-10-12-16(13-11-15)24(2,3)4/h6-13,27H,1-5H3/b19-14+,26-21?. The number of methoxy groups -OCH3 is 1. The van der Waals surface area contributed by atoms with Crippen molar-refractivity contribution in [2.24, 2.45) is 9.98 Å². The maximum atomic E-state index is 12.8. The predicted molar refractivity (Wildman–Crippen MR) is 116 cm³/mol. The Morgan fingerprint density at radius 1 is 1.00 bits per heavy atom. The number of carbonyl (C=O) groups excluding carboxylic acids is 2. The molecule has 0 spiro atoms. The number of allylic oxidation sites excluding steroid dienone is 1. The maximum Gasteiger partial charge on any atom is 0.343 e. The first-order valence-corrected chi connectivity index (χ1v) is 9.54. The molecule has 2 aromatic rings. The molecule has 30 heavy (non-hydrogen) atoms. The van der Waals surface area contributed by atoms with Crippen molar-refractivity contribution in [1.82, 2.24) is 0 Å². The third-order valence-corrected chi connectivity index (χ3v) is 4.83. The van der Waals surface area contributed by atoms with Gasteiger partial charge in [0.15, 0.2) is 5.84 Å². The largest absolute Gasteiger partial charge is 0.512 e. The van der Waals surface area contributed by atoms with Crippen LogP contribution in [0, 0.1) is 0 Å². The lowest BCUT2D eigenvalue weighted by atomic mass is 9.87. The van der Waals surface area contributed by atoms with Crippen molar-refractivity contribution in [1.29, 1.82) is 0 Å². The first-order chi connectivity index (χ1) is 14.1. The number of benzene rings is 2. The first-order valence-electron chi connectivity index (χ1n) is 9.54. The first kappa shape index (κ1) is 21.2. The van der Waals surface area contributed by atoms with Gasteiger partial charge in [-0.2, -0.15) is 4.99 Å². The van der Waals surface area contributed by atoms with Crippen molar-refractivity contribution in [3.8, 4) is 0 Å². The summed E-state index contributed by atoms with van der Waals surface area (Å²) in [4.78, 5) is 33.5. The molecule has 3 rings (SSSR count). The van der Waals surface area contributed by atoms with Gasteiger partial charge in [0.05, 0.1) is 12.8 Å². The van der Waals surface area contributed by atoms with E-state index in [1.807, 2.05) is 12.1 Å². The highest BCUT2D eigenvalue weighted by atomic mass is 16.5. The van der Waals surface area contributed by atoms with Crippen LogP contribution in [0.1, 0.15) is 54.7 Å². The smallest absolute Gasteiger partial charge is 0.343 e. The van der Waals surface area contributed by atoms with Gasteiger partial charge in [0, 0.05) is 16.7 Å². The third-order valence-electron chi connectivity index (χ3n) is 4.83. The van der Waals surface area contributed by atoms with Gasteiger partial charge < -0.3 is 9.84 Å². The number of aliphatic hydroxyl groups is 1. The molecule has 0 saturated carbocycles. The number of hydrogen-bond donors (Lipinski definition) is 1. The van der Waals surface area contributed by atoms with Crippen LogP contribution in [0.3, 0.4) is 0 Å². The molecule has 6 nitrogen and oxygen atoms in total. The molecule has 0 aliphatic carbocycles. The number of aliphatic hydroxyl groups excluding tert-OH is 1. The van der Waals surface area contributed by atoms with E-state index in [1.165, 1.54) is 14.0 Å². The van der Waals surface area contributed by atoms with E-state index in [0.717, 1.165) is 5.56 Å². The van der Waals surface area contributed by atoms with E-state index >= 15 is 0 Å². The number of hydrogen-bond acceptors (Lipinski definition) is 4. The molecule has 0 atom stereocenters. The Morgan fingerprint density at radius 2 is 1.60 bits per heavy atom. The fourth-order valence-electron chi connectivity index (χ4n) is 3.18. The summed E-state index contributed by atoms with van der Waals surface area (Å²) < 4.78 is 4.78. The minimum Gasteiger partial charge on any atom is -0.512 e. The summed E-state index contributed by atoms with van der Waals surface area (Å²) in [5.41, 5.74) is 2.92. The number of rotatable bonds is 3. The number of fused-ring (bicyclic) bond motifs is 1. The van der Waals surface area contributed by atoms with Crippen LogP contribution in [0.15, 0.2) is 69.8 Å². The van der Waals surface area contributed by atoms with Crippen molar-refractivity contribution in [2.45, 2.75) is 33.1 Å². The lowest BCUT2D eigenvalue weighted by Gasteiger charge is -2.18. The summed E-state index contributed by atoms with van der Waals surface area (Å²) in [7, 11) is 1.23. The monoisotopic (exact) mass is 404 g/mol. The average Bonchev–Trinajstić information content (AvgIpc) is 3.05. The number of amidine groups is 1. The number of ether oxygens (including phenoxy) is 1. The summed E-state index contributed by atoms with van der Waals surface area (Å²) in [6, 6.07) is 14.4. The Bertz CT molecular complexity index is 1100. The molecule has 1 N–H and O–H groups in total. The summed E-state index contributed by atoms with van der Waals surface area (Å²) in [5.74, 6) is -1.18. The molecule has 0 unspecified atom stereocenters. The van der Waals surface area contributed by atoms with Crippen molar-refractivity contribution in [3.63, 3.8) is 0 Å². The van der Waals surface area contributed by atoms with Crippen molar-refractivity contribution < 1.29 is 19.4 Å². The van der Waals surface area contributed by atoms with Crippen LogP contribution in [0.25, 0.3) is 0 Å². The second-order valence-electron chi connectivity index (χ2n) is 8.03. The van der Waals surface area contributed by atoms with E-state index in [0.29, 0.717) is 16.7 Å². The van der Waals surface area contributed by atoms with Crippen LogP contribution in [0.5, 0.6) is 0 Å². The summed E-state index contributed by atoms with van der Waals surface area (Å²) >= 11 is 0. The van der Waals surface area contributed by atoms with Gasteiger partial charge in [-0.3, -0.25) is 4.79 Å². The van der Waals surface area contributed by atoms with Crippen LogP contribution in [0.4, 0.5) is 0 Å². The van der Waals surface area contributed by atoms with Gasteiger partial charge in [0.1, 0.15) is 11.3 Å². The number of amides is 1. The molecule has 0 aromatic heterocycles. The predicted octanol–water partition coefficient (Wildman–Crippen LogP) is 4.38. The van der Waals surface area contributed by atoms with Crippen LogP contribution in [-0.2, 0) is 14.9 Å². The molecule has 2 aromatic carbocycles. The highest BCUT2D eigenvalue weighted by Crippen LogP contribution is 2.26. The van der Waals surface area contributed by atoms with Crippen LogP contribution in [0.2, 0.25) is 0 Å². The Hall–Kier alpha value is -3.54. The Labute approximate surface area is 175 Å². The van der Waals surface area contributed by atoms with Gasteiger partial charge in [0.25, 0.3) is 5.91 Å². The third kappa shape index (κ3) is 4.08. The fourth-order valence-corrected chi connectivity index (χ4v) is 3.18. The van der Waals surface area contributed by atoms with E-state index in [9.17, 15) is 14.7 Å². The normalized spacial score (nSPS) is 15.4. The molecule has 1 amide bonds. The lowest BCUT2D eigenvalue weighted by Crippen LogP contribution is -2.16. The van der Waals surface area contributed by atoms with Crippen LogP contribution >= 0.6 is 0 Å². The second-order valence-corrected chi connectivity index (χ2v) is 8.03. The zero-order valence-corrected chi connectivity index (χ0v) is 17.7. The molecule has 0 radical (unpaired) electrons. The van der Waals surface area contributed by atoms with Gasteiger partial charge in [-0.25, -0.2) is 9.79 Å². The van der Waals surface area contributed by atoms with E-state index in [1.54, 1.807) is 36.4 Å². The SMILES string of the molecule is COC(=O)/C(C1=NC(=NC(=O)c2ccc(C(C)(C)C)cc2)c2ccccc21)=C(\C)O. The average molecular weight is 404 g/mol. The van der Waals surface area contributed by atoms with Gasteiger partial charge in [-0.15, -0.1) is 0 Å². The van der Waals surface area contributed by atoms with Crippen LogP contribution in [-0.4, -0.2) is 35.6 Å². The van der Waals surface area contributed by atoms with Crippen molar-refractivity contribution in [3.05, 3.63) is 82.1 Å². The minimum absolute atomic E-state index is 0.0180. The Morgan fingerprint density at radius 3 is 2.13 bits per heavy atom. The molecule has 154 valence electrons. The Kier molecular flexibility index (Phi) is 5.69. The number of carbonyl (C=O) groups is 2. The van der Waals surface area contributed by atoms with Gasteiger partial charge in [-0.05, 0) is 30.0 Å². The second kappa shape index (κ2) is 8.06. The summed E-state index contributed by atoms with van der Waals surface area (Å²) in [6.07, 6.45) is 0. The van der Waals surface area contributed by atoms with Gasteiger partial charge in [-0.1, -0.05) is 57.2 Å². The van der Waals surface area contributed by atoms with Crippen LogP contribution < -0.4 is 0 Å². The number of nitrogens with zero attached hydrogens (tertiary/aromatic N) is 2. The van der Waals surface area contributed by atoms with Gasteiger partial charge in [0.2, 0.25) is 0 Å². The van der Waals surface area contributed by atoms with E-state index < -0.39 is 11.9 Å². The number of aliphatic imine (C=N–C) groups is 2. The summed E-state index contributed by atoms with van der Waals surface area (Å²) in [5, 5.41) is 10.0. The molecule has 1 aliphatic heterocycles. The fraction of sp³-hybridized carbons (Fsp3) is 0.250. The molecule has 0 saturated heterocycles. The Balaban J connectivity index is 2.04. The quantitative estimate of drug-likeness (QED) is 0.467. The molecule has 6 heteroatoms. The molecular formula is C24H24N2O4. The zero-order valence-electron chi connectivity index (χ0n) is 17.7. The van der Waals surface area contributed by atoms with Crippen molar-refractivity contribution >= 4 is 23.4 Å². The molecule has 1 aliphatic rings. The zero-order chi connectivity index (χ0) is 22.1. The molecule has 0 bridgehead atoms. The molecule has 1 heterocycles. The molecule has 0 fully saturated rings. The summed E-state index contributed by atoms with van der Waals surface area (Å²) in [6.45, 7) is 7.69. The minimum atomic E-state index is -0.714. The lowest BCUT2D eigenvalue weighted by molar-refractivity contribution is -0.135.